The van der Waals surface area contributed by atoms with E-state index in [1.54, 1.807) is 27.4 Å². The molecule has 0 fully saturated rings. The maximum Gasteiger partial charge on any atom is 0.136 e. The van der Waals surface area contributed by atoms with Crippen molar-refractivity contribution in [1.29, 1.82) is 0 Å². The third kappa shape index (κ3) is 4.79. The molecule has 1 aromatic rings. The van der Waals surface area contributed by atoms with Crippen molar-refractivity contribution in [2.75, 3.05) is 41.7 Å². The summed E-state index contributed by atoms with van der Waals surface area (Å²) in [6.07, 6.45) is 2.32. The maximum atomic E-state index is 10.9. The summed E-state index contributed by atoms with van der Waals surface area (Å²) in [6.45, 7) is 1.18. The van der Waals surface area contributed by atoms with Gasteiger partial charge >= 0.3 is 0 Å². The average Bonchev–Trinajstić information content (AvgIpc) is 2.59. The van der Waals surface area contributed by atoms with Crippen LogP contribution in [0.2, 0.25) is 0 Å². The highest BCUT2D eigenvalue weighted by Crippen LogP contribution is 2.34. The molecular formula is C20H28O6. The number of benzene rings is 1. The minimum atomic E-state index is -1.52. The van der Waals surface area contributed by atoms with E-state index in [4.69, 9.17) is 18.9 Å². The predicted octanol–water partition coefficient (Wildman–Crippen LogP) is 1.69. The molecule has 1 aliphatic carbocycles. The first kappa shape index (κ1) is 20.8. The van der Waals surface area contributed by atoms with Gasteiger partial charge in [0.15, 0.2) is 0 Å². The molecule has 1 aliphatic rings. The number of aliphatic hydroxyl groups is 2. The molecule has 0 aromatic heterocycles. The van der Waals surface area contributed by atoms with E-state index in [1.807, 2.05) is 24.3 Å². The van der Waals surface area contributed by atoms with Gasteiger partial charge in [0, 0.05) is 28.4 Å². The summed E-state index contributed by atoms with van der Waals surface area (Å²) < 4.78 is 20.8. The molecule has 1 aromatic carbocycles. The quantitative estimate of drug-likeness (QED) is 0.694. The van der Waals surface area contributed by atoms with Crippen molar-refractivity contribution >= 4 is 5.57 Å². The van der Waals surface area contributed by atoms with Gasteiger partial charge in [0.25, 0.3) is 0 Å². The van der Waals surface area contributed by atoms with Crippen molar-refractivity contribution in [3.8, 4) is 0 Å². The molecule has 0 spiro atoms. The zero-order valence-corrected chi connectivity index (χ0v) is 15.8. The zero-order valence-electron chi connectivity index (χ0n) is 15.8. The maximum absolute atomic E-state index is 10.9. The predicted molar refractivity (Wildman–Crippen MR) is 98.6 cm³/mol. The van der Waals surface area contributed by atoms with E-state index in [0.717, 1.165) is 22.3 Å². The molecule has 2 atom stereocenters. The van der Waals surface area contributed by atoms with Crippen molar-refractivity contribution in [2.45, 2.75) is 24.9 Å². The number of methoxy groups -OCH3 is 4. The molecule has 6 heteroatoms. The monoisotopic (exact) mass is 364 g/mol. The molecule has 2 unspecified atom stereocenters. The van der Waals surface area contributed by atoms with Gasteiger partial charge in [-0.3, -0.25) is 0 Å². The third-order valence-electron chi connectivity index (χ3n) is 4.24. The first-order valence-corrected chi connectivity index (χ1v) is 8.40. The molecule has 2 rings (SSSR count). The van der Waals surface area contributed by atoms with Crippen LogP contribution in [-0.2, 0) is 32.2 Å². The van der Waals surface area contributed by atoms with Gasteiger partial charge in [-0.15, -0.1) is 0 Å². The van der Waals surface area contributed by atoms with Crippen LogP contribution < -0.4 is 0 Å². The van der Waals surface area contributed by atoms with E-state index in [9.17, 15) is 10.2 Å². The van der Waals surface area contributed by atoms with Crippen LogP contribution in [0.4, 0.5) is 0 Å². The number of ether oxygens (including phenoxy) is 4. The smallest absolute Gasteiger partial charge is 0.136 e. The van der Waals surface area contributed by atoms with E-state index in [2.05, 4.69) is 0 Å². The molecule has 6 nitrogen and oxygen atoms in total. The SMILES string of the molecule is COCC1=CC(O)(COC)C(O)C(c2cc(COC)cc(COC)c2)=C1. The standard InChI is InChI=1S/C20H28O6/c1-23-10-14-5-15(11-24-2)7-17(6-14)18-8-16(12-25-3)9-20(22,13-26-4)19(18)21/h5-9,19,21-22H,10-13H2,1-4H3. The van der Waals surface area contributed by atoms with Gasteiger partial charge in [0.1, 0.15) is 11.7 Å². The Kier molecular flexibility index (Phi) is 7.52. The lowest BCUT2D eigenvalue weighted by Crippen LogP contribution is -2.47. The minimum absolute atomic E-state index is 0.0264. The van der Waals surface area contributed by atoms with Gasteiger partial charge in [-0.1, -0.05) is 12.1 Å². The Balaban J connectivity index is 2.51. The van der Waals surface area contributed by atoms with Gasteiger partial charge in [-0.2, -0.15) is 0 Å². The lowest BCUT2D eigenvalue weighted by molar-refractivity contribution is -0.0595. The number of aliphatic hydroxyl groups excluding tert-OH is 1. The minimum Gasteiger partial charge on any atom is -0.385 e. The summed E-state index contributed by atoms with van der Waals surface area (Å²) in [4.78, 5) is 0. The van der Waals surface area contributed by atoms with Crippen molar-refractivity contribution in [1.82, 2.24) is 0 Å². The average molecular weight is 364 g/mol. The van der Waals surface area contributed by atoms with Crippen LogP contribution in [0.15, 0.2) is 35.9 Å². The molecule has 0 heterocycles. The lowest BCUT2D eigenvalue weighted by atomic mass is 9.80. The summed E-state index contributed by atoms with van der Waals surface area (Å²) in [6, 6.07) is 5.89. The molecular weight excluding hydrogens is 336 g/mol. The highest BCUT2D eigenvalue weighted by atomic mass is 16.5. The summed E-state index contributed by atoms with van der Waals surface area (Å²) in [5.74, 6) is 0. The number of rotatable bonds is 9. The Hall–Kier alpha value is -1.54. The summed E-state index contributed by atoms with van der Waals surface area (Å²) in [7, 11) is 6.34. The molecule has 0 amide bonds. The van der Waals surface area contributed by atoms with Crippen LogP contribution in [0.5, 0.6) is 0 Å². The first-order valence-electron chi connectivity index (χ1n) is 8.40. The summed E-state index contributed by atoms with van der Waals surface area (Å²) >= 11 is 0. The fourth-order valence-electron chi connectivity index (χ4n) is 3.26. The van der Waals surface area contributed by atoms with Crippen molar-refractivity contribution in [2.24, 2.45) is 0 Å². The van der Waals surface area contributed by atoms with Gasteiger partial charge in [0.05, 0.1) is 26.4 Å². The van der Waals surface area contributed by atoms with Gasteiger partial charge in [-0.25, -0.2) is 0 Å². The molecule has 144 valence electrons. The molecule has 26 heavy (non-hydrogen) atoms. The highest BCUT2D eigenvalue weighted by molar-refractivity contribution is 5.75. The second-order valence-corrected chi connectivity index (χ2v) is 6.48. The first-order chi connectivity index (χ1) is 12.5. The topological polar surface area (TPSA) is 77.4 Å². The second kappa shape index (κ2) is 9.41. The Morgan fingerprint density at radius 1 is 0.885 bits per heavy atom. The van der Waals surface area contributed by atoms with Crippen LogP contribution in [0.1, 0.15) is 16.7 Å². The molecule has 0 bridgehead atoms. The Bertz CT molecular complexity index is 642. The van der Waals surface area contributed by atoms with Crippen molar-refractivity contribution in [3.05, 3.63) is 52.6 Å². The number of hydrogen-bond acceptors (Lipinski definition) is 6. The van der Waals surface area contributed by atoms with E-state index in [1.165, 1.54) is 7.11 Å². The van der Waals surface area contributed by atoms with Crippen LogP contribution in [0.25, 0.3) is 5.57 Å². The van der Waals surface area contributed by atoms with E-state index < -0.39 is 11.7 Å². The number of hydrogen-bond donors (Lipinski definition) is 2. The van der Waals surface area contributed by atoms with Gasteiger partial charge in [-0.05, 0) is 46.0 Å². The fraction of sp³-hybridized carbons (Fsp3) is 0.500. The van der Waals surface area contributed by atoms with Crippen molar-refractivity contribution in [3.63, 3.8) is 0 Å². The molecule has 0 aliphatic heterocycles. The lowest BCUT2D eigenvalue weighted by Gasteiger charge is -2.35. The van der Waals surface area contributed by atoms with Gasteiger partial charge < -0.3 is 29.2 Å². The molecule has 0 radical (unpaired) electrons. The highest BCUT2D eigenvalue weighted by Gasteiger charge is 2.39. The van der Waals surface area contributed by atoms with Crippen LogP contribution in [-0.4, -0.2) is 63.6 Å². The molecule has 2 N–H and O–H groups in total. The van der Waals surface area contributed by atoms with E-state index in [0.29, 0.717) is 25.4 Å². The largest absolute Gasteiger partial charge is 0.385 e. The second-order valence-electron chi connectivity index (χ2n) is 6.48. The Morgan fingerprint density at radius 3 is 1.96 bits per heavy atom. The summed E-state index contributed by atoms with van der Waals surface area (Å²) in [5, 5.41) is 21.8. The van der Waals surface area contributed by atoms with Crippen LogP contribution >= 0.6 is 0 Å². The normalized spacial score (nSPS) is 22.9. The third-order valence-corrected chi connectivity index (χ3v) is 4.24. The molecule has 0 saturated heterocycles. The fourth-order valence-corrected chi connectivity index (χ4v) is 3.26. The van der Waals surface area contributed by atoms with Crippen LogP contribution in [0.3, 0.4) is 0 Å². The van der Waals surface area contributed by atoms with Crippen molar-refractivity contribution < 1.29 is 29.2 Å². The van der Waals surface area contributed by atoms with Crippen LogP contribution in [0, 0.1) is 0 Å². The Labute approximate surface area is 154 Å². The van der Waals surface area contributed by atoms with E-state index in [-0.39, 0.29) is 6.61 Å². The molecule has 0 saturated carbocycles. The zero-order chi connectivity index (χ0) is 19.2. The van der Waals surface area contributed by atoms with Gasteiger partial charge in [0.2, 0.25) is 0 Å². The summed E-state index contributed by atoms with van der Waals surface area (Å²) in [5.41, 5.74) is 2.58. The van der Waals surface area contributed by atoms with E-state index >= 15 is 0 Å². The Morgan fingerprint density at radius 2 is 1.46 bits per heavy atom.